The molecule has 1 aliphatic heterocycles. The summed E-state index contributed by atoms with van der Waals surface area (Å²) in [6.45, 7) is 0. The van der Waals surface area contributed by atoms with E-state index < -0.39 is 15.9 Å². The summed E-state index contributed by atoms with van der Waals surface area (Å²) in [5.74, 6) is 0.718. The summed E-state index contributed by atoms with van der Waals surface area (Å²) in [7, 11) is 0. The van der Waals surface area contributed by atoms with Crippen LogP contribution in [0.25, 0.3) is 0 Å². The number of rotatable bonds is 3. The Kier molecular flexibility index (Phi) is 5.11. The predicted octanol–water partition coefficient (Wildman–Crippen LogP) is 4.00. The molecule has 1 aliphatic carbocycles. The summed E-state index contributed by atoms with van der Waals surface area (Å²) in [4.78, 5) is 17.7. The highest BCUT2D eigenvalue weighted by Crippen LogP contribution is 2.46. The van der Waals surface area contributed by atoms with Gasteiger partial charge in [0.1, 0.15) is 22.8 Å². The van der Waals surface area contributed by atoms with E-state index in [1.165, 1.54) is 11.3 Å². The third-order valence-electron chi connectivity index (χ3n) is 4.90. The number of amides is 1. The Morgan fingerprint density at radius 1 is 1.44 bits per heavy atom. The maximum Gasteiger partial charge on any atom is 0.266 e. The molecule has 2 fully saturated rings. The van der Waals surface area contributed by atoms with Crippen LogP contribution in [0.5, 0.6) is 0 Å². The van der Waals surface area contributed by atoms with Gasteiger partial charge in [-0.15, -0.1) is 11.3 Å². The largest absolute Gasteiger partial charge is 0.616 e. The van der Waals surface area contributed by atoms with Gasteiger partial charge in [0, 0.05) is 12.8 Å². The van der Waals surface area contributed by atoms with E-state index in [-0.39, 0.29) is 17.1 Å². The number of carbonyl (C=O) groups excluding carboxylic acids is 1. The molecule has 0 bridgehead atoms. The zero-order valence-electron chi connectivity index (χ0n) is 14.1. The van der Waals surface area contributed by atoms with Crippen molar-refractivity contribution in [3.63, 3.8) is 0 Å². The number of carbonyl (C=O) groups is 1. The quantitative estimate of drug-likeness (QED) is 0.493. The van der Waals surface area contributed by atoms with Gasteiger partial charge in [-0.25, -0.2) is 4.98 Å². The standard InChI is InChI=1S/C17H16Cl2N4O2S2/c18-9-7-11(15(24)23-13-4-1-3-12(19)22-13)26-14(9)10-8-27(25)17(5-2-6-17)16(20)21-10/h1,3-4,7,10H,2,5-6,8H2,(H2,20,21)(H,22,23,24)/t10-,27?/m0/s1. The third-order valence-corrected chi connectivity index (χ3v) is 8.90. The van der Waals surface area contributed by atoms with Crippen LogP contribution in [0.2, 0.25) is 10.2 Å². The fourth-order valence-corrected chi connectivity index (χ4v) is 6.87. The van der Waals surface area contributed by atoms with Crippen molar-refractivity contribution in [1.82, 2.24) is 10.3 Å². The van der Waals surface area contributed by atoms with Crippen molar-refractivity contribution in [1.29, 1.82) is 5.41 Å². The first-order chi connectivity index (χ1) is 12.9. The number of aromatic nitrogens is 1. The van der Waals surface area contributed by atoms with E-state index in [1.54, 1.807) is 24.3 Å². The van der Waals surface area contributed by atoms with Crippen LogP contribution in [0, 0.1) is 5.41 Å². The molecule has 1 saturated carbocycles. The minimum absolute atomic E-state index is 0.287. The van der Waals surface area contributed by atoms with Gasteiger partial charge in [-0.3, -0.25) is 10.2 Å². The molecular weight excluding hydrogens is 427 g/mol. The van der Waals surface area contributed by atoms with Crippen LogP contribution in [0.15, 0.2) is 24.3 Å². The van der Waals surface area contributed by atoms with Crippen molar-refractivity contribution < 1.29 is 9.35 Å². The fourth-order valence-electron chi connectivity index (χ4n) is 3.28. The fraction of sp³-hybridized carbons (Fsp3) is 0.353. The van der Waals surface area contributed by atoms with E-state index in [2.05, 4.69) is 15.6 Å². The maximum absolute atomic E-state index is 12.7. The average molecular weight is 443 g/mol. The molecule has 6 nitrogen and oxygen atoms in total. The van der Waals surface area contributed by atoms with Gasteiger partial charge in [-0.2, -0.15) is 0 Å². The number of hydrogen-bond donors (Lipinski definition) is 3. The lowest BCUT2D eigenvalue weighted by Gasteiger charge is -2.47. The van der Waals surface area contributed by atoms with Crippen molar-refractivity contribution in [3.8, 4) is 0 Å². The molecule has 0 radical (unpaired) electrons. The lowest BCUT2D eigenvalue weighted by atomic mass is 9.82. The second-order valence-electron chi connectivity index (χ2n) is 6.55. The summed E-state index contributed by atoms with van der Waals surface area (Å²) in [5, 5.41) is 14.9. The molecule has 4 rings (SSSR count). The molecule has 0 aromatic carbocycles. The Balaban J connectivity index is 1.51. The zero-order chi connectivity index (χ0) is 19.2. The summed E-state index contributed by atoms with van der Waals surface area (Å²) in [6.07, 6.45) is 2.58. The van der Waals surface area contributed by atoms with Crippen LogP contribution in [0.4, 0.5) is 5.82 Å². The highest BCUT2D eigenvalue weighted by atomic mass is 35.5. The van der Waals surface area contributed by atoms with Crippen LogP contribution in [-0.4, -0.2) is 31.8 Å². The molecular formula is C17H16Cl2N4O2S2. The monoisotopic (exact) mass is 442 g/mol. The first kappa shape index (κ1) is 19.0. The number of nitrogens with zero attached hydrogens (tertiary/aromatic N) is 1. The molecule has 2 aromatic heterocycles. The van der Waals surface area contributed by atoms with Crippen LogP contribution < -0.4 is 10.6 Å². The SMILES string of the molecule is N=C1N[C@H](c2sc(C(=O)Nc3cccc(Cl)n3)cc2Cl)C[S+]([O-])C12CCC2. The molecule has 2 aromatic rings. The summed E-state index contributed by atoms with van der Waals surface area (Å²) in [5.41, 5.74) is 0. The third kappa shape index (κ3) is 3.45. The molecule has 1 amide bonds. The van der Waals surface area contributed by atoms with E-state index >= 15 is 0 Å². The normalized spacial score (nSPS) is 23.6. The van der Waals surface area contributed by atoms with Crippen molar-refractivity contribution in [2.24, 2.45) is 0 Å². The minimum atomic E-state index is -1.13. The number of anilines is 1. The van der Waals surface area contributed by atoms with E-state index in [0.29, 0.717) is 32.2 Å². The summed E-state index contributed by atoms with van der Waals surface area (Å²) >= 11 is 12.3. The van der Waals surface area contributed by atoms with Crippen LogP contribution in [-0.2, 0) is 11.2 Å². The number of amidine groups is 1. The molecule has 1 spiro atoms. The number of thiophene rings is 1. The Hall–Kier alpha value is -1.32. The van der Waals surface area contributed by atoms with E-state index in [9.17, 15) is 9.35 Å². The van der Waals surface area contributed by atoms with Gasteiger partial charge < -0.3 is 15.2 Å². The lowest BCUT2D eigenvalue weighted by molar-refractivity contribution is 0.103. The second kappa shape index (κ2) is 7.25. The molecule has 3 heterocycles. The second-order valence-corrected chi connectivity index (χ2v) is 10.2. The van der Waals surface area contributed by atoms with Crippen LogP contribution in [0.1, 0.15) is 39.9 Å². The number of halogens is 2. The van der Waals surface area contributed by atoms with Crippen LogP contribution >= 0.6 is 34.5 Å². The number of hydrogen-bond acceptors (Lipinski definition) is 5. The molecule has 27 heavy (non-hydrogen) atoms. The molecule has 10 heteroatoms. The van der Waals surface area contributed by atoms with E-state index in [1.807, 2.05) is 0 Å². The zero-order valence-corrected chi connectivity index (χ0v) is 17.2. The van der Waals surface area contributed by atoms with Gasteiger partial charge in [0.25, 0.3) is 5.91 Å². The Labute approximate surface area is 173 Å². The highest BCUT2D eigenvalue weighted by Gasteiger charge is 2.56. The molecule has 2 atom stereocenters. The Morgan fingerprint density at radius 2 is 2.22 bits per heavy atom. The Bertz CT molecular complexity index is 916. The molecule has 142 valence electrons. The van der Waals surface area contributed by atoms with Gasteiger partial charge >= 0.3 is 0 Å². The van der Waals surface area contributed by atoms with Crippen molar-refractivity contribution in [2.75, 3.05) is 11.1 Å². The smallest absolute Gasteiger partial charge is 0.266 e. The Morgan fingerprint density at radius 3 is 2.85 bits per heavy atom. The molecule has 1 saturated heterocycles. The van der Waals surface area contributed by atoms with Crippen molar-refractivity contribution in [2.45, 2.75) is 30.1 Å². The predicted molar refractivity (Wildman–Crippen MR) is 110 cm³/mol. The minimum Gasteiger partial charge on any atom is -0.616 e. The van der Waals surface area contributed by atoms with Gasteiger partial charge in [0.2, 0.25) is 0 Å². The van der Waals surface area contributed by atoms with Gasteiger partial charge in [0.15, 0.2) is 10.6 Å². The van der Waals surface area contributed by atoms with Gasteiger partial charge in [-0.05, 0) is 35.8 Å². The maximum atomic E-state index is 12.7. The first-order valence-corrected chi connectivity index (χ1v) is 11.3. The van der Waals surface area contributed by atoms with Crippen molar-refractivity contribution >= 4 is 63.3 Å². The first-order valence-electron chi connectivity index (χ1n) is 8.36. The van der Waals surface area contributed by atoms with Crippen LogP contribution in [0.3, 0.4) is 0 Å². The molecule has 3 N–H and O–H groups in total. The highest BCUT2D eigenvalue weighted by molar-refractivity contribution is 7.93. The topological polar surface area (TPSA) is 101 Å². The lowest BCUT2D eigenvalue weighted by Crippen LogP contribution is -2.63. The molecule has 1 unspecified atom stereocenters. The number of pyridine rings is 1. The molecule has 2 aliphatic rings. The van der Waals surface area contributed by atoms with E-state index in [0.717, 1.165) is 19.3 Å². The summed E-state index contributed by atoms with van der Waals surface area (Å²) < 4.78 is 12.2. The average Bonchev–Trinajstić information content (AvgIpc) is 2.95. The van der Waals surface area contributed by atoms with E-state index in [4.69, 9.17) is 28.6 Å². The summed E-state index contributed by atoms with van der Waals surface area (Å²) in [6, 6.07) is 6.22. The van der Waals surface area contributed by atoms with Crippen molar-refractivity contribution in [3.05, 3.63) is 44.2 Å². The number of nitrogens with one attached hydrogen (secondary N) is 3. The van der Waals surface area contributed by atoms with Gasteiger partial charge in [-0.1, -0.05) is 29.3 Å². The van der Waals surface area contributed by atoms with Gasteiger partial charge in [0.05, 0.1) is 14.8 Å².